The average molecular weight is 309 g/mol. The molecule has 0 radical (unpaired) electrons. The highest BCUT2D eigenvalue weighted by molar-refractivity contribution is 6.30. The van der Waals surface area contributed by atoms with Crippen molar-refractivity contribution in [3.8, 4) is 0 Å². The van der Waals surface area contributed by atoms with Crippen LogP contribution in [0.15, 0.2) is 24.3 Å². The zero-order valence-electron chi connectivity index (χ0n) is 13.8. The molecule has 1 saturated heterocycles. The Morgan fingerprint density at radius 1 is 1.19 bits per heavy atom. The van der Waals surface area contributed by atoms with E-state index in [1.54, 1.807) is 0 Å². The third-order valence-electron chi connectivity index (χ3n) is 4.56. The molecule has 1 aliphatic rings. The normalized spacial score (nSPS) is 19.7. The molecule has 2 rings (SSSR count). The van der Waals surface area contributed by atoms with Crippen molar-refractivity contribution in [3.05, 3.63) is 34.9 Å². The van der Waals surface area contributed by atoms with Crippen molar-refractivity contribution in [2.24, 2.45) is 0 Å². The van der Waals surface area contributed by atoms with Gasteiger partial charge >= 0.3 is 0 Å². The molecule has 1 aliphatic heterocycles. The molecular weight excluding hydrogens is 280 g/mol. The van der Waals surface area contributed by atoms with Crippen LogP contribution in [0.5, 0.6) is 0 Å². The summed E-state index contributed by atoms with van der Waals surface area (Å²) in [6.07, 6.45) is 3.59. The van der Waals surface area contributed by atoms with Crippen LogP contribution in [0.3, 0.4) is 0 Å². The van der Waals surface area contributed by atoms with Crippen LogP contribution in [0.1, 0.15) is 58.6 Å². The lowest BCUT2D eigenvalue weighted by Crippen LogP contribution is -2.50. The van der Waals surface area contributed by atoms with Crippen molar-refractivity contribution in [2.75, 3.05) is 13.1 Å². The van der Waals surface area contributed by atoms with Gasteiger partial charge in [0, 0.05) is 35.7 Å². The molecular formula is C18H29ClN2. The van der Waals surface area contributed by atoms with Gasteiger partial charge in [0.05, 0.1) is 0 Å². The quantitative estimate of drug-likeness (QED) is 0.871. The Bertz CT molecular complexity index is 428. The van der Waals surface area contributed by atoms with Gasteiger partial charge in [-0.15, -0.1) is 0 Å². The van der Waals surface area contributed by atoms with Gasteiger partial charge in [-0.05, 0) is 57.7 Å². The monoisotopic (exact) mass is 308 g/mol. The van der Waals surface area contributed by atoms with Crippen LogP contribution >= 0.6 is 11.6 Å². The second-order valence-electron chi connectivity index (χ2n) is 7.11. The zero-order chi connectivity index (χ0) is 15.5. The SMILES string of the molecule is CCC(NC1CCN(C(C)(C)C)CC1)c1ccc(Cl)cc1. The fourth-order valence-electron chi connectivity index (χ4n) is 3.15. The number of halogens is 1. The number of rotatable bonds is 4. The lowest BCUT2D eigenvalue weighted by Gasteiger charge is -2.41. The van der Waals surface area contributed by atoms with E-state index < -0.39 is 0 Å². The highest BCUT2D eigenvalue weighted by Gasteiger charge is 2.27. The van der Waals surface area contributed by atoms with Crippen LogP contribution in [0, 0.1) is 0 Å². The van der Waals surface area contributed by atoms with E-state index in [2.05, 4.69) is 50.0 Å². The summed E-state index contributed by atoms with van der Waals surface area (Å²) in [5, 5.41) is 4.66. The molecule has 0 amide bonds. The second-order valence-corrected chi connectivity index (χ2v) is 7.55. The smallest absolute Gasteiger partial charge is 0.0406 e. The average Bonchev–Trinajstić information content (AvgIpc) is 2.45. The molecule has 3 heteroatoms. The summed E-state index contributed by atoms with van der Waals surface area (Å²) in [5.41, 5.74) is 1.64. The maximum atomic E-state index is 5.98. The summed E-state index contributed by atoms with van der Waals surface area (Å²) in [7, 11) is 0. The summed E-state index contributed by atoms with van der Waals surface area (Å²) >= 11 is 5.98. The summed E-state index contributed by atoms with van der Waals surface area (Å²) < 4.78 is 0. The first-order valence-corrected chi connectivity index (χ1v) is 8.54. The molecule has 2 nitrogen and oxygen atoms in total. The van der Waals surface area contributed by atoms with Gasteiger partial charge in [0.15, 0.2) is 0 Å². The maximum Gasteiger partial charge on any atom is 0.0406 e. The largest absolute Gasteiger partial charge is 0.307 e. The van der Waals surface area contributed by atoms with Gasteiger partial charge in [0.25, 0.3) is 0 Å². The number of nitrogens with zero attached hydrogens (tertiary/aromatic N) is 1. The Morgan fingerprint density at radius 3 is 2.24 bits per heavy atom. The van der Waals surface area contributed by atoms with Gasteiger partial charge in [-0.3, -0.25) is 4.90 Å². The van der Waals surface area contributed by atoms with Gasteiger partial charge in [0.1, 0.15) is 0 Å². The highest BCUT2D eigenvalue weighted by Crippen LogP contribution is 2.24. The van der Waals surface area contributed by atoms with Crippen LogP contribution in [0.25, 0.3) is 0 Å². The lowest BCUT2D eigenvalue weighted by molar-refractivity contribution is 0.0935. The van der Waals surface area contributed by atoms with Crippen LogP contribution in [-0.4, -0.2) is 29.6 Å². The van der Waals surface area contributed by atoms with Gasteiger partial charge in [0.2, 0.25) is 0 Å². The highest BCUT2D eigenvalue weighted by atomic mass is 35.5. The predicted molar refractivity (Wildman–Crippen MR) is 92.0 cm³/mol. The molecule has 1 atom stereocenters. The number of benzene rings is 1. The maximum absolute atomic E-state index is 5.98. The number of hydrogen-bond donors (Lipinski definition) is 1. The molecule has 0 spiro atoms. The Morgan fingerprint density at radius 2 is 1.76 bits per heavy atom. The predicted octanol–water partition coefficient (Wildman–Crippen LogP) is 4.64. The molecule has 1 heterocycles. The van der Waals surface area contributed by atoms with Crippen LogP contribution in [0.4, 0.5) is 0 Å². The standard InChI is InChI=1S/C18H29ClN2/c1-5-17(14-6-8-15(19)9-7-14)20-16-10-12-21(13-11-16)18(2,3)4/h6-9,16-17,20H,5,10-13H2,1-4H3. The van der Waals surface area contributed by atoms with Crippen molar-refractivity contribution in [1.82, 2.24) is 10.2 Å². The number of likely N-dealkylation sites (tertiary alicyclic amines) is 1. The first kappa shape index (κ1) is 16.8. The van der Waals surface area contributed by atoms with Crippen LogP contribution in [-0.2, 0) is 0 Å². The van der Waals surface area contributed by atoms with E-state index in [0.29, 0.717) is 17.6 Å². The van der Waals surface area contributed by atoms with Gasteiger partial charge in [-0.25, -0.2) is 0 Å². The van der Waals surface area contributed by atoms with Crippen molar-refractivity contribution in [1.29, 1.82) is 0 Å². The third-order valence-corrected chi connectivity index (χ3v) is 4.81. The van der Waals surface area contributed by atoms with Crippen LogP contribution in [0.2, 0.25) is 5.02 Å². The van der Waals surface area contributed by atoms with Crippen LogP contribution < -0.4 is 5.32 Å². The van der Waals surface area contributed by atoms with Gasteiger partial charge < -0.3 is 5.32 Å². The molecule has 0 aliphatic carbocycles. The second kappa shape index (κ2) is 7.13. The minimum absolute atomic E-state index is 0.297. The minimum Gasteiger partial charge on any atom is -0.307 e. The Labute approximate surface area is 134 Å². The molecule has 0 saturated carbocycles. The Hall–Kier alpha value is -0.570. The molecule has 1 aromatic carbocycles. The molecule has 1 N–H and O–H groups in total. The molecule has 0 bridgehead atoms. The zero-order valence-corrected chi connectivity index (χ0v) is 14.6. The fourth-order valence-corrected chi connectivity index (χ4v) is 3.27. The van der Waals surface area contributed by atoms with E-state index in [0.717, 1.165) is 11.4 Å². The van der Waals surface area contributed by atoms with E-state index in [4.69, 9.17) is 11.6 Å². The molecule has 0 aromatic heterocycles. The Balaban J connectivity index is 1.90. The van der Waals surface area contributed by atoms with Crippen molar-refractivity contribution >= 4 is 11.6 Å². The first-order valence-electron chi connectivity index (χ1n) is 8.16. The van der Waals surface area contributed by atoms with E-state index >= 15 is 0 Å². The molecule has 1 fully saturated rings. The van der Waals surface area contributed by atoms with Gasteiger partial charge in [-0.2, -0.15) is 0 Å². The number of piperidine rings is 1. The van der Waals surface area contributed by atoms with Gasteiger partial charge in [-0.1, -0.05) is 30.7 Å². The van der Waals surface area contributed by atoms with E-state index in [1.807, 2.05) is 12.1 Å². The lowest BCUT2D eigenvalue weighted by atomic mass is 9.96. The van der Waals surface area contributed by atoms with Crippen molar-refractivity contribution in [2.45, 2.75) is 64.6 Å². The Kier molecular flexibility index (Phi) is 5.70. The fraction of sp³-hybridized carbons (Fsp3) is 0.667. The van der Waals surface area contributed by atoms with Crippen molar-refractivity contribution in [3.63, 3.8) is 0 Å². The molecule has 21 heavy (non-hydrogen) atoms. The first-order chi connectivity index (χ1) is 9.90. The van der Waals surface area contributed by atoms with E-state index in [1.165, 1.54) is 31.5 Å². The number of nitrogens with one attached hydrogen (secondary N) is 1. The minimum atomic E-state index is 0.297. The molecule has 1 unspecified atom stereocenters. The van der Waals surface area contributed by atoms with E-state index in [9.17, 15) is 0 Å². The summed E-state index contributed by atoms with van der Waals surface area (Å²) in [4.78, 5) is 2.59. The third kappa shape index (κ3) is 4.70. The molecule has 1 aromatic rings. The summed E-state index contributed by atoms with van der Waals surface area (Å²) in [6, 6.07) is 9.34. The summed E-state index contributed by atoms with van der Waals surface area (Å²) in [6.45, 7) is 11.6. The van der Waals surface area contributed by atoms with E-state index in [-0.39, 0.29) is 0 Å². The topological polar surface area (TPSA) is 15.3 Å². The van der Waals surface area contributed by atoms with Crippen molar-refractivity contribution < 1.29 is 0 Å². The number of hydrogen-bond acceptors (Lipinski definition) is 2. The summed E-state index contributed by atoms with van der Waals surface area (Å²) in [5.74, 6) is 0. The molecule has 118 valence electrons.